The van der Waals surface area contributed by atoms with Crippen molar-refractivity contribution in [3.63, 3.8) is 0 Å². The number of aliphatic imine (C=N–C) groups is 1. The summed E-state index contributed by atoms with van der Waals surface area (Å²) in [5.41, 5.74) is 0. The minimum Gasteiger partial charge on any atom is -0.381 e. The van der Waals surface area contributed by atoms with Crippen LogP contribution in [-0.2, 0) is 4.74 Å². The first-order valence-corrected chi connectivity index (χ1v) is 8.21. The Kier molecular flexibility index (Phi) is 8.04. The highest BCUT2D eigenvalue weighted by atomic mass is 16.5. The van der Waals surface area contributed by atoms with Crippen molar-refractivity contribution in [1.29, 1.82) is 0 Å². The lowest BCUT2D eigenvalue weighted by Crippen LogP contribution is -2.46. The molecule has 1 unspecified atom stereocenters. The minimum atomic E-state index is 0.571. The molecule has 1 atom stereocenters. The molecule has 0 aromatic rings. The van der Waals surface area contributed by atoms with Crippen LogP contribution >= 0.6 is 0 Å². The summed E-state index contributed by atoms with van der Waals surface area (Å²) in [5.74, 6) is 1.62. The van der Waals surface area contributed by atoms with E-state index in [1.54, 1.807) is 0 Å². The molecule has 1 N–H and O–H groups in total. The molecular formula is C16H34N4O. The van der Waals surface area contributed by atoms with E-state index in [9.17, 15) is 0 Å². The summed E-state index contributed by atoms with van der Waals surface area (Å²) in [7, 11) is 3.96. The molecule has 1 fully saturated rings. The van der Waals surface area contributed by atoms with Gasteiger partial charge in [-0.2, -0.15) is 0 Å². The van der Waals surface area contributed by atoms with Crippen LogP contribution in [0.15, 0.2) is 4.99 Å². The third-order valence-electron chi connectivity index (χ3n) is 4.11. The van der Waals surface area contributed by atoms with Crippen LogP contribution in [0.1, 0.15) is 34.1 Å². The Labute approximate surface area is 130 Å². The van der Waals surface area contributed by atoms with Crippen LogP contribution in [0.4, 0.5) is 0 Å². The van der Waals surface area contributed by atoms with Crippen molar-refractivity contribution in [3.05, 3.63) is 0 Å². The Morgan fingerprint density at radius 1 is 1.29 bits per heavy atom. The second-order valence-corrected chi connectivity index (χ2v) is 6.51. The standard InChI is InChI=1S/C16H34N4O/c1-13(2)20(14(3)4)9-8-18-16(17-5)19(6)11-15-7-10-21-12-15/h13-15H,7-12H2,1-6H3,(H,17,18). The zero-order valence-corrected chi connectivity index (χ0v) is 14.7. The third-order valence-corrected chi connectivity index (χ3v) is 4.11. The number of guanidine groups is 1. The Morgan fingerprint density at radius 3 is 2.43 bits per heavy atom. The average Bonchev–Trinajstić information content (AvgIpc) is 2.90. The number of hydrogen-bond acceptors (Lipinski definition) is 3. The fraction of sp³-hybridized carbons (Fsp3) is 0.938. The maximum absolute atomic E-state index is 5.44. The molecule has 1 rings (SSSR count). The number of ether oxygens (including phenoxy) is 1. The van der Waals surface area contributed by atoms with Crippen LogP contribution in [0.5, 0.6) is 0 Å². The number of nitrogens with zero attached hydrogens (tertiary/aromatic N) is 3. The number of hydrogen-bond donors (Lipinski definition) is 1. The maximum atomic E-state index is 5.44. The summed E-state index contributed by atoms with van der Waals surface area (Å²) in [6, 6.07) is 1.14. The van der Waals surface area contributed by atoms with Crippen molar-refractivity contribution in [2.75, 3.05) is 46.9 Å². The Hall–Kier alpha value is -0.810. The Balaban J connectivity index is 2.36. The summed E-state index contributed by atoms with van der Waals surface area (Å²) in [4.78, 5) is 9.10. The van der Waals surface area contributed by atoms with Gasteiger partial charge in [0.2, 0.25) is 0 Å². The van der Waals surface area contributed by atoms with Crippen LogP contribution in [0.2, 0.25) is 0 Å². The summed E-state index contributed by atoms with van der Waals surface area (Å²) in [6.07, 6.45) is 1.16. The molecule has 1 aliphatic rings. The van der Waals surface area contributed by atoms with Gasteiger partial charge in [0.15, 0.2) is 5.96 Å². The molecule has 0 spiro atoms. The van der Waals surface area contributed by atoms with Crippen LogP contribution in [0.3, 0.4) is 0 Å². The molecule has 0 amide bonds. The summed E-state index contributed by atoms with van der Waals surface area (Å²) >= 11 is 0. The van der Waals surface area contributed by atoms with Gasteiger partial charge in [0.25, 0.3) is 0 Å². The monoisotopic (exact) mass is 298 g/mol. The molecule has 0 bridgehead atoms. The van der Waals surface area contributed by atoms with Gasteiger partial charge < -0.3 is 15.0 Å². The van der Waals surface area contributed by atoms with E-state index in [2.05, 4.69) is 54.9 Å². The van der Waals surface area contributed by atoms with Crippen LogP contribution in [0.25, 0.3) is 0 Å². The molecular weight excluding hydrogens is 264 g/mol. The first kappa shape index (κ1) is 18.2. The molecule has 0 saturated carbocycles. The van der Waals surface area contributed by atoms with Crippen LogP contribution in [-0.4, -0.2) is 74.8 Å². The predicted octanol–water partition coefficient (Wildman–Crippen LogP) is 1.65. The molecule has 0 aromatic heterocycles. The van der Waals surface area contributed by atoms with Crippen molar-refractivity contribution >= 4 is 5.96 Å². The highest BCUT2D eigenvalue weighted by Gasteiger charge is 2.19. The minimum absolute atomic E-state index is 0.571. The maximum Gasteiger partial charge on any atom is 0.193 e. The van der Waals surface area contributed by atoms with Gasteiger partial charge in [-0.15, -0.1) is 0 Å². The van der Waals surface area contributed by atoms with Gasteiger partial charge in [-0.3, -0.25) is 9.89 Å². The van der Waals surface area contributed by atoms with E-state index in [0.29, 0.717) is 18.0 Å². The molecule has 5 heteroatoms. The van der Waals surface area contributed by atoms with Crippen molar-refractivity contribution in [2.24, 2.45) is 10.9 Å². The summed E-state index contributed by atoms with van der Waals surface area (Å²) in [5, 5.41) is 3.48. The molecule has 0 aromatic carbocycles. The van der Waals surface area contributed by atoms with Gasteiger partial charge >= 0.3 is 0 Å². The van der Waals surface area contributed by atoms with Gasteiger partial charge in [0, 0.05) is 58.3 Å². The highest BCUT2D eigenvalue weighted by molar-refractivity contribution is 5.79. The van der Waals surface area contributed by atoms with E-state index in [-0.39, 0.29) is 0 Å². The van der Waals surface area contributed by atoms with E-state index in [1.165, 1.54) is 0 Å². The quantitative estimate of drug-likeness (QED) is 0.573. The van der Waals surface area contributed by atoms with E-state index < -0.39 is 0 Å². The molecule has 1 saturated heterocycles. The van der Waals surface area contributed by atoms with E-state index in [0.717, 1.165) is 45.2 Å². The third kappa shape index (κ3) is 6.22. The number of nitrogens with one attached hydrogen (secondary N) is 1. The SMILES string of the molecule is CN=C(NCCN(C(C)C)C(C)C)N(C)CC1CCOC1. The predicted molar refractivity (Wildman–Crippen MR) is 89.9 cm³/mol. The fourth-order valence-corrected chi connectivity index (χ4v) is 3.00. The topological polar surface area (TPSA) is 40.1 Å². The van der Waals surface area contributed by atoms with E-state index >= 15 is 0 Å². The van der Waals surface area contributed by atoms with Crippen molar-refractivity contribution in [3.8, 4) is 0 Å². The Morgan fingerprint density at radius 2 is 1.95 bits per heavy atom. The molecule has 1 aliphatic heterocycles. The zero-order valence-electron chi connectivity index (χ0n) is 14.7. The molecule has 0 aliphatic carbocycles. The molecule has 124 valence electrons. The Bertz CT molecular complexity index is 303. The second-order valence-electron chi connectivity index (χ2n) is 6.51. The van der Waals surface area contributed by atoms with E-state index in [1.807, 2.05) is 7.05 Å². The lowest BCUT2D eigenvalue weighted by atomic mass is 10.1. The molecule has 1 heterocycles. The zero-order chi connectivity index (χ0) is 15.8. The van der Waals surface area contributed by atoms with Crippen LogP contribution in [0, 0.1) is 5.92 Å². The molecule has 5 nitrogen and oxygen atoms in total. The normalized spacial score (nSPS) is 19.9. The van der Waals surface area contributed by atoms with Crippen molar-refractivity contribution < 1.29 is 4.74 Å². The van der Waals surface area contributed by atoms with Gasteiger partial charge in [0.05, 0.1) is 6.61 Å². The lowest BCUT2D eigenvalue weighted by Gasteiger charge is -2.31. The highest BCUT2D eigenvalue weighted by Crippen LogP contribution is 2.13. The lowest BCUT2D eigenvalue weighted by molar-refractivity contribution is 0.176. The average molecular weight is 298 g/mol. The first-order valence-electron chi connectivity index (χ1n) is 8.21. The smallest absolute Gasteiger partial charge is 0.193 e. The van der Waals surface area contributed by atoms with Crippen molar-refractivity contribution in [1.82, 2.24) is 15.1 Å². The summed E-state index contributed by atoms with van der Waals surface area (Å²) in [6.45, 7) is 13.8. The summed E-state index contributed by atoms with van der Waals surface area (Å²) < 4.78 is 5.44. The van der Waals surface area contributed by atoms with Gasteiger partial charge in [0.1, 0.15) is 0 Å². The first-order chi connectivity index (χ1) is 9.95. The van der Waals surface area contributed by atoms with Gasteiger partial charge in [-0.05, 0) is 34.1 Å². The molecule has 0 radical (unpaired) electrons. The van der Waals surface area contributed by atoms with Gasteiger partial charge in [-0.1, -0.05) is 0 Å². The van der Waals surface area contributed by atoms with Crippen LogP contribution < -0.4 is 5.32 Å². The van der Waals surface area contributed by atoms with E-state index in [4.69, 9.17) is 4.74 Å². The van der Waals surface area contributed by atoms with Gasteiger partial charge in [-0.25, -0.2) is 0 Å². The second kappa shape index (κ2) is 9.26. The molecule has 21 heavy (non-hydrogen) atoms. The largest absolute Gasteiger partial charge is 0.381 e. The number of rotatable bonds is 7. The van der Waals surface area contributed by atoms with Crippen molar-refractivity contribution in [2.45, 2.75) is 46.2 Å². The fourth-order valence-electron chi connectivity index (χ4n) is 3.00.